The minimum Gasteiger partial charge on any atom is -0.507 e. The van der Waals surface area contributed by atoms with Crippen molar-refractivity contribution in [3.8, 4) is 5.75 Å². The number of amides is 1. The van der Waals surface area contributed by atoms with Gasteiger partial charge in [0.15, 0.2) is 0 Å². The first-order valence-corrected chi connectivity index (χ1v) is 7.20. The maximum Gasteiger partial charge on any atom is 0.335 e. The molecule has 2 aromatic carbocycles. The molecule has 0 atom stereocenters. The van der Waals surface area contributed by atoms with E-state index in [9.17, 15) is 14.7 Å². The predicted octanol–water partition coefficient (Wildman–Crippen LogP) is 2.90. The molecule has 1 aliphatic heterocycles. The van der Waals surface area contributed by atoms with Crippen molar-refractivity contribution < 1.29 is 19.8 Å². The molecule has 0 saturated carbocycles. The fraction of sp³-hybridized carbons (Fsp3) is 0.0556. The maximum atomic E-state index is 12.6. The van der Waals surface area contributed by atoms with Crippen LogP contribution in [-0.4, -0.2) is 27.8 Å². The Kier molecular flexibility index (Phi) is 3.87. The van der Waals surface area contributed by atoms with Crippen LogP contribution in [0.1, 0.15) is 22.8 Å². The SMILES string of the molecule is CC1=NN(c2ccc(C(=O)O)cc2)C(=O)C1=Cc1ccccc1O. The largest absolute Gasteiger partial charge is 0.507 e. The Morgan fingerprint density at radius 1 is 1.12 bits per heavy atom. The molecule has 0 unspecified atom stereocenters. The molecule has 0 bridgehead atoms. The lowest BCUT2D eigenvalue weighted by molar-refractivity contribution is -0.114. The third-order valence-corrected chi connectivity index (χ3v) is 3.66. The molecule has 1 heterocycles. The minimum atomic E-state index is -1.03. The number of aromatic carboxylic acids is 1. The lowest BCUT2D eigenvalue weighted by Gasteiger charge is -2.11. The Bertz CT molecular complexity index is 882. The fourth-order valence-corrected chi connectivity index (χ4v) is 2.37. The summed E-state index contributed by atoms with van der Waals surface area (Å²) in [5, 5.41) is 24.2. The number of anilines is 1. The highest BCUT2D eigenvalue weighted by Crippen LogP contribution is 2.27. The Labute approximate surface area is 138 Å². The van der Waals surface area contributed by atoms with Crippen molar-refractivity contribution in [3.63, 3.8) is 0 Å². The van der Waals surface area contributed by atoms with E-state index in [4.69, 9.17) is 5.11 Å². The van der Waals surface area contributed by atoms with Gasteiger partial charge in [-0.25, -0.2) is 4.79 Å². The molecule has 2 aromatic rings. The van der Waals surface area contributed by atoms with Gasteiger partial charge in [-0.05, 0) is 43.3 Å². The first-order chi connectivity index (χ1) is 11.5. The zero-order valence-electron chi connectivity index (χ0n) is 12.8. The first-order valence-electron chi connectivity index (χ1n) is 7.20. The van der Waals surface area contributed by atoms with E-state index in [1.165, 1.54) is 29.3 Å². The quantitative estimate of drug-likeness (QED) is 0.850. The second-order valence-corrected chi connectivity index (χ2v) is 5.27. The van der Waals surface area contributed by atoms with Crippen molar-refractivity contribution >= 4 is 29.4 Å². The third kappa shape index (κ3) is 2.77. The van der Waals surface area contributed by atoms with E-state index in [-0.39, 0.29) is 17.2 Å². The van der Waals surface area contributed by atoms with E-state index >= 15 is 0 Å². The molecule has 0 aliphatic carbocycles. The molecule has 2 N–H and O–H groups in total. The second kappa shape index (κ2) is 6.00. The molecule has 120 valence electrons. The molecule has 3 rings (SSSR count). The summed E-state index contributed by atoms with van der Waals surface area (Å²) in [5.74, 6) is -1.29. The van der Waals surface area contributed by atoms with E-state index in [0.29, 0.717) is 22.5 Å². The van der Waals surface area contributed by atoms with Crippen LogP contribution in [0.2, 0.25) is 0 Å². The summed E-state index contributed by atoms with van der Waals surface area (Å²) < 4.78 is 0. The summed E-state index contributed by atoms with van der Waals surface area (Å²) >= 11 is 0. The first kappa shape index (κ1) is 15.5. The standard InChI is InChI=1S/C18H14N2O4/c1-11-15(10-13-4-2-3-5-16(13)21)17(22)20(19-11)14-8-6-12(7-9-14)18(23)24/h2-10,21H,1H3,(H,23,24). The van der Waals surface area contributed by atoms with Gasteiger partial charge in [-0.2, -0.15) is 10.1 Å². The highest BCUT2D eigenvalue weighted by atomic mass is 16.4. The minimum absolute atomic E-state index is 0.0786. The summed E-state index contributed by atoms with van der Waals surface area (Å²) in [6.45, 7) is 1.70. The molecule has 6 heteroatoms. The normalized spacial score (nSPS) is 15.7. The number of hydrogen-bond donors (Lipinski definition) is 2. The molecule has 6 nitrogen and oxygen atoms in total. The number of rotatable bonds is 3. The predicted molar refractivity (Wildman–Crippen MR) is 90.1 cm³/mol. The van der Waals surface area contributed by atoms with E-state index in [2.05, 4.69) is 5.10 Å². The van der Waals surface area contributed by atoms with Gasteiger partial charge in [-0.1, -0.05) is 18.2 Å². The van der Waals surface area contributed by atoms with Gasteiger partial charge in [0.2, 0.25) is 0 Å². The van der Waals surface area contributed by atoms with Crippen molar-refractivity contribution in [2.24, 2.45) is 5.10 Å². The van der Waals surface area contributed by atoms with Crippen LogP contribution < -0.4 is 5.01 Å². The molecule has 0 spiro atoms. The lowest BCUT2D eigenvalue weighted by Crippen LogP contribution is -2.21. The number of hydrazone groups is 1. The van der Waals surface area contributed by atoms with Gasteiger partial charge in [0.1, 0.15) is 5.75 Å². The average molecular weight is 322 g/mol. The van der Waals surface area contributed by atoms with Crippen LogP contribution in [0.5, 0.6) is 5.75 Å². The number of phenols is 1. The zero-order chi connectivity index (χ0) is 17.3. The lowest BCUT2D eigenvalue weighted by atomic mass is 10.1. The highest BCUT2D eigenvalue weighted by Gasteiger charge is 2.29. The Morgan fingerprint density at radius 3 is 2.42 bits per heavy atom. The number of hydrogen-bond acceptors (Lipinski definition) is 4. The van der Waals surface area contributed by atoms with Gasteiger partial charge in [0.25, 0.3) is 5.91 Å². The van der Waals surface area contributed by atoms with Crippen LogP contribution in [0, 0.1) is 0 Å². The molecule has 1 aliphatic rings. The number of carbonyl (C=O) groups excluding carboxylic acids is 1. The Morgan fingerprint density at radius 2 is 1.79 bits per heavy atom. The van der Waals surface area contributed by atoms with Gasteiger partial charge < -0.3 is 10.2 Å². The number of carboxylic acids is 1. The van der Waals surface area contributed by atoms with E-state index in [1.54, 1.807) is 37.3 Å². The maximum absolute atomic E-state index is 12.6. The van der Waals surface area contributed by atoms with Crippen molar-refractivity contribution in [2.45, 2.75) is 6.92 Å². The summed E-state index contributed by atoms with van der Waals surface area (Å²) in [6, 6.07) is 12.6. The number of aromatic hydroxyl groups is 1. The summed E-state index contributed by atoms with van der Waals surface area (Å²) in [7, 11) is 0. The van der Waals surface area contributed by atoms with Crippen molar-refractivity contribution in [1.82, 2.24) is 0 Å². The number of carboxylic acid groups (broad SMARTS) is 1. The monoisotopic (exact) mass is 322 g/mol. The molecule has 24 heavy (non-hydrogen) atoms. The number of carbonyl (C=O) groups is 2. The molecule has 0 radical (unpaired) electrons. The number of nitrogens with zero attached hydrogens (tertiary/aromatic N) is 2. The smallest absolute Gasteiger partial charge is 0.335 e. The molecule has 1 amide bonds. The van der Waals surface area contributed by atoms with E-state index < -0.39 is 5.97 Å². The van der Waals surface area contributed by atoms with E-state index in [1.807, 2.05) is 0 Å². The molecular weight excluding hydrogens is 308 g/mol. The number of para-hydroxylation sites is 1. The van der Waals surface area contributed by atoms with Crippen molar-refractivity contribution in [1.29, 1.82) is 0 Å². The van der Waals surface area contributed by atoms with Crippen LogP contribution in [0.25, 0.3) is 6.08 Å². The van der Waals surface area contributed by atoms with Gasteiger partial charge in [-0.15, -0.1) is 0 Å². The molecular formula is C18H14N2O4. The van der Waals surface area contributed by atoms with Crippen LogP contribution in [-0.2, 0) is 4.79 Å². The summed E-state index contributed by atoms with van der Waals surface area (Å²) in [5.41, 5.74) is 2.03. The Balaban J connectivity index is 1.93. The summed E-state index contributed by atoms with van der Waals surface area (Å²) in [6.07, 6.45) is 1.59. The van der Waals surface area contributed by atoms with Crippen LogP contribution in [0.3, 0.4) is 0 Å². The van der Waals surface area contributed by atoms with Crippen LogP contribution in [0.15, 0.2) is 59.2 Å². The van der Waals surface area contributed by atoms with Crippen LogP contribution >= 0.6 is 0 Å². The highest BCUT2D eigenvalue weighted by molar-refractivity contribution is 6.32. The second-order valence-electron chi connectivity index (χ2n) is 5.27. The van der Waals surface area contributed by atoms with Gasteiger partial charge in [0, 0.05) is 5.56 Å². The van der Waals surface area contributed by atoms with Crippen molar-refractivity contribution in [3.05, 3.63) is 65.2 Å². The third-order valence-electron chi connectivity index (χ3n) is 3.66. The molecule has 0 aromatic heterocycles. The van der Waals surface area contributed by atoms with E-state index in [0.717, 1.165) is 0 Å². The van der Waals surface area contributed by atoms with Gasteiger partial charge >= 0.3 is 5.97 Å². The average Bonchev–Trinajstić information content (AvgIpc) is 2.85. The molecule has 0 fully saturated rings. The van der Waals surface area contributed by atoms with Crippen LogP contribution in [0.4, 0.5) is 5.69 Å². The number of phenolic OH excluding ortho intramolecular Hbond substituents is 1. The fourth-order valence-electron chi connectivity index (χ4n) is 2.37. The summed E-state index contributed by atoms with van der Waals surface area (Å²) in [4.78, 5) is 23.5. The van der Waals surface area contributed by atoms with Gasteiger partial charge in [-0.3, -0.25) is 4.79 Å². The Hall–Kier alpha value is -3.41. The number of benzene rings is 2. The molecule has 0 saturated heterocycles. The van der Waals surface area contributed by atoms with Gasteiger partial charge in [0.05, 0.1) is 22.5 Å². The topological polar surface area (TPSA) is 90.2 Å². The van der Waals surface area contributed by atoms with Crippen molar-refractivity contribution in [2.75, 3.05) is 5.01 Å². The zero-order valence-corrected chi connectivity index (χ0v) is 12.8.